The van der Waals surface area contributed by atoms with E-state index in [0.29, 0.717) is 0 Å². The van der Waals surface area contributed by atoms with Crippen LogP contribution in [-0.2, 0) is 4.79 Å². The summed E-state index contributed by atoms with van der Waals surface area (Å²) in [6.45, 7) is 11.4. The molecule has 1 fully saturated rings. The third-order valence-corrected chi connectivity index (χ3v) is 2.68. The molecule has 0 heterocycles. The fourth-order valence-electron chi connectivity index (χ4n) is 1.31. The van der Waals surface area contributed by atoms with Crippen molar-refractivity contribution in [2.45, 2.75) is 72.6 Å². The van der Waals surface area contributed by atoms with Gasteiger partial charge >= 0.3 is 0 Å². The predicted molar refractivity (Wildman–Crippen MR) is 73.7 cm³/mol. The zero-order chi connectivity index (χ0) is 12.8. The highest BCUT2D eigenvalue weighted by molar-refractivity contribution is 5.86. The van der Waals surface area contributed by atoms with Crippen molar-refractivity contribution >= 4 is 5.78 Å². The number of hydrogen-bond donors (Lipinski definition) is 0. The van der Waals surface area contributed by atoms with Crippen LogP contribution in [0.5, 0.6) is 0 Å². The summed E-state index contributed by atoms with van der Waals surface area (Å²) < 4.78 is 0. The fraction of sp³-hybridized carbons (Fsp3) is 0.800. The lowest BCUT2D eigenvalue weighted by molar-refractivity contribution is -0.112. The Hall–Kier alpha value is -0.590. The highest BCUT2D eigenvalue weighted by Gasteiger charge is 2.05. The lowest BCUT2D eigenvalue weighted by Gasteiger charge is -2.15. The Labute approximate surface area is 102 Å². The SMILES string of the molecule is C=CC(C)=O.CC1CCCCC1.CCCC. The molecule has 1 aliphatic carbocycles. The van der Waals surface area contributed by atoms with Gasteiger partial charge < -0.3 is 0 Å². The van der Waals surface area contributed by atoms with Gasteiger partial charge in [-0.05, 0) is 18.9 Å². The van der Waals surface area contributed by atoms with Crippen molar-refractivity contribution in [3.05, 3.63) is 12.7 Å². The predicted octanol–water partition coefficient (Wildman–Crippen LogP) is 5.15. The lowest BCUT2D eigenvalue weighted by Crippen LogP contribution is -1.99. The van der Waals surface area contributed by atoms with E-state index < -0.39 is 0 Å². The first-order valence-electron chi connectivity index (χ1n) is 6.71. The van der Waals surface area contributed by atoms with Crippen LogP contribution in [0.15, 0.2) is 12.7 Å². The van der Waals surface area contributed by atoms with Gasteiger partial charge in [0.15, 0.2) is 5.78 Å². The highest BCUT2D eigenvalue weighted by Crippen LogP contribution is 2.22. The number of rotatable bonds is 2. The molecule has 0 N–H and O–H groups in total. The summed E-state index contributed by atoms with van der Waals surface area (Å²) in [6.07, 6.45) is 11.4. The summed E-state index contributed by atoms with van der Waals surface area (Å²) in [4.78, 5) is 9.69. The maximum Gasteiger partial charge on any atom is 0.152 e. The second kappa shape index (κ2) is 14.4. The fourth-order valence-corrected chi connectivity index (χ4v) is 1.31. The van der Waals surface area contributed by atoms with Crippen LogP contribution in [0.1, 0.15) is 72.6 Å². The van der Waals surface area contributed by atoms with E-state index in [-0.39, 0.29) is 5.78 Å². The summed E-state index contributed by atoms with van der Waals surface area (Å²) in [7, 11) is 0. The monoisotopic (exact) mass is 226 g/mol. The van der Waals surface area contributed by atoms with E-state index >= 15 is 0 Å². The molecule has 0 radical (unpaired) electrons. The van der Waals surface area contributed by atoms with E-state index in [2.05, 4.69) is 27.4 Å². The molecule has 0 amide bonds. The molecule has 1 saturated carbocycles. The minimum atomic E-state index is 0.0185. The zero-order valence-electron chi connectivity index (χ0n) is 11.7. The van der Waals surface area contributed by atoms with Crippen molar-refractivity contribution in [1.29, 1.82) is 0 Å². The number of ketones is 1. The maximum absolute atomic E-state index is 9.69. The molecular formula is C15H30O. The molecule has 1 aliphatic rings. The molecule has 96 valence electrons. The van der Waals surface area contributed by atoms with Crippen LogP contribution in [0.3, 0.4) is 0 Å². The van der Waals surface area contributed by atoms with Crippen molar-refractivity contribution < 1.29 is 4.79 Å². The average Bonchev–Trinajstić information content (AvgIpc) is 2.31. The van der Waals surface area contributed by atoms with Crippen molar-refractivity contribution in [3.63, 3.8) is 0 Å². The van der Waals surface area contributed by atoms with Gasteiger partial charge in [0, 0.05) is 0 Å². The van der Waals surface area contributed by atoms with Gasteiger partial charge in [0.1, 0.15) is 0 Å². The number of unbranched alkanes of at least 4 members (excludes halogenated alkanes) is 1. The van der Waals surface area contributed by atoms with E-state index in [1.54, 1.807) is 0 Å². The Bertz CT molecular complexity index is 153. The minimum absolute atomic E-state index is 0.0185. The second-order valence-electron chi connectivity index (χ2n) is 4.56. The Morgan fingerprint density at radius 2 is 1.56 bits per heavy atom. The number of hydrogen-bond acceptors (Lipinski definition) is 1. The first kappa shape index (κ1) is 17.8. The van der Waals surface area contributed by atoms with Gasteiger partial charge in [0.25, 0.3) is 0 Å². The quantitative estimate of drug-likeness (QED) is 0.595. The Morgan fingerprint density at radius 1 is 1.19 bits per heavy atom. The van der Waals surface area contributed by atoms with Crippen LogP contribution >= 0.6 is 0 Å². The molecule has 0 aromatic rings. The van der Waals surface area contributed by atoms with E-state index in [9.17, 15) is 4.79 Å². The lowest BCUT2D eigenvalue weighted by atomic mass is 9.91. The number of carbonyl (C=O) groups excluding carboxylic acids is 1. The van der Waals surface area contributed by atoms with Crippen LogP contribution in [0.2, 0.25) is 0 Å². The van der Waals surface area contributed by atoms with Crippen LogP contribution in [0.25, 0.3) is 0 Å². The van der Waals surface area contributed by atoms with Gasteiger partial charge in [-0.1, -0.05) is 72.3 Å². The zero-order valence-corrected chi connectivity index (χ0v) is 11.7. The van der Waals surface area contributed by atoms with Gasteiger partial charge in [0.05, 0.1) is 0 Å². The van der Waals surface area contributed by atoms with E-state index in [0.717, 1.165) is 5.92 Å². The standard InChI is InChI=1S/C7H14.C4H6O.C4H10/c1-7-5-3-2-4-6-7;1-3-4(2)5;1-3-4-2/h7H,2-6H2,1H3;3H,1H2,2H3;3-4H2,1-2H3. The van der Waals surface area contributed by atoms with Gasteiger partial charge in [0.2, 0.25) is 0 Å². The molecule has 1 heteroatoms. The molecular weight excluding hydrogens is 196 g/mol. The van der Waals surface area contributed by atoms with Gasteiger partial charge in [-0.3, -0.25) is 4.79 Å². The molecule has 0 saturated heterocycles. The molecule has 0 aliphatic heterocycles. The number of allylic oxidation sites excluding steroid dienone is 1. The minimum Gasteiger partial charge on any atom is -0.295 e. The third-order valence-electron chi connectivity index (χ3n) is 2.68. The summed E-state index contributed by atoms with van der Waals surface area (Å²) in [6, 6.07) is 0. The molecule has 1 nitrogen and oxygen atoms in total. The van der Waals surface area contributed by atoms with E-state index in [1.165, 1.54) is 57.9 Å². The molecule has 0 atom stereocenters. The Morgan fingerprint density at radius 3 is 1.69 bits per heavy atom. The maximum atomic E-state index is 9.69. The largest absolute Gasteiger partial charge is 0.295 e. The first-order valence-corrected chi connectivity index (χ1v) is 6.71. The molecule has 0 bridgehead atoms. The van der Waals surface area contributed by atoms with Gasteiger partial charge in [-0.2, -0.15) is 0 Å². The Kier molecular flexibility index (Phi) is 16.0. The number of carbonyl (C=O) groups is 1. The van der Waals surface area contributed by atoms with Crippen molar-refractivity contribution in [1.82, 2.24) is 0 Å². The third kappa shape index (κ3) is 19.1. The molecule has 0 unspecified atom stereocenters. The van der Waals surface area contributed by atoms with Crippen molar-refractivity contribution in [3.8, 4) is 0 Å². The van der Waals surface area contributed by atoms with Gasteiger partial charge in [-0.25, -0.2) is 0 Å². The van der Waals surface area contributed by atoms with E-state index in [1.807, 2.05) is 0 Å². The first-order chi connectivity index (χ1) is 7.58. The summed E-state index contributed by atoms with van der Waals surface area (Å²) in [5.74, 6) is 1.05. The van der Waals surface area contributed by atoms with Crippen LogP contribution in [0, 0.1) is 5.92 Å². The van der Waals surface area contributed by atoms with Crippen LogP contribution in [0.4, 0.5) is 0 Å². The summed E-state index contributed by atoms with van der Waals surface area (Å²) in [5, 5.41) is 0. The van der Waals surface area contributed by atoms with Crippen LogP contribution in [-0.4, -0.2) is 5.78 Å². The highest BCUT2D eigenvalue weighted by atomic mass is 16.1. The van der Waals surface area contributed by atoms with Crippen molar-refractivity contribution in [2.75, 3.05) is 0 Å². The molecule has 0 aromatic heterocycles. The normalized spacial score (nSPS) is 15.0. The summed E-state index contributed by atoms with van der Waals surface area (Å²) in [5.41, 5.74) is 0. The topological polar surface area (TPSA) is 17.1 Å². The molecule has 0 aromatic carbocycles. The van der Waals surface area contributed by atoms with Crippen molar-refractivity contribution in [2.24, 2.45) is 5.92 Å². The molecule has 0 spiro atoms. The summed E-state index contributed by atoms with van der Waals surface area (Å²) >= 11 is 0. The van der Waals surface area contributed by atoms with Crippen LogP contribution < -0.4 is 0 Å². The second-order valence-corrected chi connectivity index (χ2v) is 4.56. The smallest absolute Gasteiger partial charge is 0.152 e. The average molecular weight is 226 g/mol. The Balaban J connectivity index is 0. The molecule has 1 rings (SSSR count). The van der Waals surface area contributed by atoms with E-state index in [4.69, 9.17) is 0 Å². The molecule has 16 heavy (non-hydrogen) atoms. The van der Waals surface area contributed by atoms with Gasteiger partial charge in [-0.15, -0.1) is 0 Å².